The summed E-state index contributed by atoms with van der Waals surface area (Å²) in [6, 6.07) is 0.462. The summed E-state index contributed by atoms with van der Waals surface area (Å²) in [7, 11) is 0. The van der Waals surface area contributed by atoms with Crippen molar-refractivity contribution in [3.63, 3.8) is 0 Å². The van der Waals surface area contributed by atoms with Gasteiger partial charge in [0.1, 0.15) is 0 Å². The van der Waals surface area contributed by atoms with Crippen molar-refractivity contribution in [1.29, 1.82) is 0 Å². The second kappa shape index (κ2) is 7.85. The first kappa shape index (κ1) is 16.4. The molecule has 0 atom stereocenters. The van der Waals surface area contributed by atoms with Crippen molar-refractivity contribution in [2.24, 2.45) is 5.73 Å². The summed E-state index contributed by atoms with van der Waals surface area (Å²) in [6.45, 7) is 9.10. The molecule has 112 valence electrons. The van der Waals surface area contributed by atoms with Gasteiger partial charge in [-0.2, -0.15) is 0 Å². The molecular weight excluding hydrogens is 238 g/mol. The van der Waals surface area contributed by atoms with E-state index in [0.717, 1.165) is 45.2 Å². The summed E-state index contributed by atoms with van der Waals surface area (Å²) < 4.78 is 0. The van der Waals surface area contributed by atoms with Gasteiger partial charge >= 0.3 is 0 Å². The van der Waals surface area contributed by atoms with E-state index in [1.807, 2.05) is 0 Å². The van der Waals surface area contributed by atoms with Crippen LogP contribution in [-0.4, -0.2) is 42.0 Å². The molecule has 0 aliphatic heterocycles. The van der Waals surface area contributed by atoms with Gasteiger partial charge in [-0.25, -0.2) is 0 Å². The molecule has 0 aromatic carbocycles. The monoisotopic (exact) mass is 269 g/mol. The van der Waals surface area contributed by atoms with Gasteiger partial charge in [-0.15, -0.1) is 0 Å². The second-order valence-corrected chi connectivity index (χ2v) is 5.71. The average Bonchev–Trinajstić information content (AvgIpc) is 3.22. The highest BCUT2D eigenvalue weighted by Crippen LogP contribution is 2.24. The Morgan fingerprint density at radius 3 is 2.32 bits per heavy atom. The molecule has 0 aromatic rings. The Morgan fingerprint density at radius 2 is 1.89 bits per heavy atom. The minimum absolute atomic E-state index is 0.0653. The molecule has 0 aromatic heterocycles. The maximum absolute atomic E-state index is 11.8. The van der Waals surface area contributed by atoms with E-state index < -0.39 is 0 Å². The first-order valence-electron chi connectivity index (χ1n) is 7.86. The number of carbonyl (C=O) groups is 1. The van der Waals surface area contributed by atoms with E-state index in [2.05, 4.69) is 31.0 Å². The van der Waals surface area contributed by atoms with Crippen LogP contribution >= 0.6 is 0 Å². The summed E-state index contributed by atoms with van der Waals surface area (Å²) >= 11 is 0. The SMILES string of the molecule is CCCN(CCC(=O)NC1CC1)C(CC)(CC)CN. The third kappa shape index (κ3) is 4.77. The lowest BCUT2D eigenvalue weighted by atomic mass is 9.90. The molecular formula is C15H31N3O. The van der Waals surface area contributed by atoms with E-state index in [-0.39, 0.29) is 11.4 Å². The lowest BCUT2D eigenvalue weighted by Crippen LogP contribution is -2.54. The lowest BCUT2D eigenvalue weighted by molar-refractivity contribution is -0.121. The molecule has 1 fully saturated rings. The van der Waals surface area contributed by atoms with Gasteiger partial charge in [0, 0.05) is 31.1 Å². The third-order valence-corrected chi connectivity index (χ3v) is 4.41. The number of rotatable bonds is 10. The third-order valence-electron chi connectivity index (χ3n) is 4.41. The lowest BCUT2D eigenvalue weighted by Gasteiger charge is -2.42. The van der Waals surface area contributed by atoms with Crippen molar-refractivity contribution >= 4 is 5.91 Å². The van der Waals surface area contributed by atoms with Crippen LogP contribution in [0.25, 0.3) is 0 Å². The van der Waals surface area contributed by atoms with Crippen LogP contribution in [0.3, 0.4) is 0 Å². The van der Waals surface area contributed by atoms with Crippen LogP contribution in [0.15, 0.2) is 0 Å². The topological polar surface area (TPSA) is 58.4 Å². The Labute approximate surface area is 118 Å². The molecule has 1 aliphatic carbocycles. The minimum atomic E-state index is 0.0653. The normalized spacial score (nSPS) is 15.8. The van der Waals surface area contributed by atoms with Gasteiger partial charge in [-0.3, -0.25) is 9.69 Å². The highest BCUT2D eigenvalue weighted by atomic mass is 16.1. The van der Waals surface area contributed by atoms with Crippen molar-refractivity contribution in [1.82, 2.24) is 10.2 Å². The number of nitrogens with two attached hydrogens (primary N) is 1. The highest BCUT2D eigenvalue weighted by molar-refractivity contribution is 5.76. The maximum Gasteiger partial charge on any atom is 0.221 e. The molecule has 0 saturated heterocycles. The smallest absolute Gasteiger partial charge is 0.221 e. The van der Waals surface area contributed by atoms with Crippen LogP contribution in [0.2, 0.25) is 0 Å². The first-order valence-corrected chi connectivity index (χ1v) is 7.86. The standard InChI is InChI=1S/C15H31N3O/c1-4-10-18(15(5-2,6-3)12-16)11-9-14(19)17-13-7-8-13/h13H,4-12,16H2,1-3H3,(H,17,19). The van der Waals surface area contributed by atoms with E-state index in [4.69, 9.17) is 5.73 Å². The van der Waals surface area contributed by atoms with Gasteiger partial charge in [0.15, 0.2) is 0 Å². The predicted molar refractivity (Wildman–Crippen MR) is 80.0 cm³/mol. The zero-order valence-electron chi connectivity index (χ0n) is 12.9. The Kier molecular flexibility index (Phi) is 6.80. The van der Waals surface area contributed by atoms with Gasteiger partial charge < -0.3 is 11.1 Å². The van der Waals surface area contributed by atoms with E-state index in [0.29, 0.717) is 19.0 Å². The predicted octanol–water partition coefficient (Wildman–Crippen LogP) is 1.88. The number of hydrogen-bond acceptors (Lipinski definition) is 3. The molecule has 0 bridgehead atoms. The van der Waals surface area contributed by atoms with Crippen LogP contribution < -0.4 is 11.1 Å². The second-order valence-electron chi connectivity index (χ2n) is 5.71. The molecule has 19 heavy (non-hydrogen) atoms. The molecule has 1 aliphatic rings. The van der Waals surface area contributed by atoms with E-state index in [9.17, 15) is 4.79 Å². The van der Waals surface area contributed by atoms with Crippen molar-refractivity contribution in [2.75, 3.05) is 19.6 Å². The van der Waals surface area contributed by atoms with Gasteiger partial charge in [0.2, 0.25) is 5.91 Å². The quantitative estimate of drug-likeness (QED) is 0.637. The van der Waals surface area contributed by atoms with E-state index in [1.165, 1.54) is 0 Å². The summed E-state index contributed by atoms with van der Waals surface area (Å²) in [5.41, 5.74) is 6.08. The largest absolute Gasteiger partial charge is 0.353 e. The van der Waals surface area contributed by atoms with Crippen LogP contribution in [-0.2, 0) is 4.79 Å². The van der Waals surface area contributed by atoms with Crippen molar-refractivity contribution in [3.8, 4) is 0 Å². The van der Waals surface area contributed by atoms with Crippen LogP contribution in [0.5, 0.6) is 0 Å². The molecule has 1 amide bonds. The zero-order valence-corrected chi connectivity index (χ0v) is 12.9. The Bertz CT molecular complexity index is 264. The molecule has 1 saturated carbocycles. The Morgan fingerprint density at radius 1 is 1.26 bits per heavy atom. The van der Waals surface area contributed by atoms with Gasteiger partial charge in [-0.1, -0.05) is 20.8 Å². The molecule has 0 unspecified atom stereocenters. The summed E-state index contributed by atoms with van der Waals surface area (Å²) in [6.07, 6.45) is 6.10. The average molecular weight is 269 g/mol. The van der Waals surface area contributed by atoms with Crippen molar-refractivity contribution in [2.45, 2.75) is 70.9 Å². The number of amides is 1. The van der Waals surface area contributed by atoms with Crippen molar-refractivity contribution < 1.29 is 4.79 Å². The number of carbonyl (C=O) groups excluding carboxylic acids is 1. The molecule has 4 nitrogen and oxygen atoms in total. The Balaban J connectivity index is 2.51. The first-order chi connectivity index (χ1) is 9.11. The molecule has 0 spiro atoms. The van der Waals surface area contributed by atoms with Gasteiger partial charge in [-0.05, 0) is 38.6 Å². The fourth-order valence-electron chi connectivity index (χ4n) is 2.74. The summed E-state index contributed by atoms with van der Waals surface area (Å²) in [4.78, 5) is 14.3. The minimum Gasteiger partial charge on any atom is -0.353 e. The van der Waals surface area contributed by atoms with E-state index >= 15 is 0 Å². The van der Waals surface area contributed by atoms with Crippen molar-refractivity contribution in [3.05, 3.63) is 0 Å². The fourth-order valence-corrected chi connectivity index (χ4v) is 2.74. The maximum atomic E-state index is 11.8. The highest BCUT2D eigenvalue weighted by Gasteiger charge is 2.32. The van der Waals surface area contributed by atoms with Gasteiger partial charge in [0.05, 0.1) is 0 Å². The van der Waals surface area contributed by atoms with Crippen LogP contribution in [0, 0.1) is 0 Å². The van der Waals surface area contributed by atoms with Crippen LogP contribution in [0.4, 0.5) is 0 Å². The molecule has 3 N–H and O–H groups in total. The summed E-state index contributed by atoms with van der Waals surface area (Å²) in [5.74, 6) is 0.196. The van der Waals surface area contributed by atoms with Gasteiger partial charge in [0.25, 0.3) is 0 Å². The van der Waals surface area contributed by atoms with E-state index in [1.54, 1.807) is 0 Å². The number of nitrogens with one attached hydrogen (secondary N) is 1. The van der Waals surface area contributed by atoms with Crippen LogP contribution in [0.1, 0.15) is 59.3 Å². The molecule has 1 rings (SSSR count). The number of hydrogen-bond donors (Lipinski definition) is 2. The Hall–Kier alpha value is -0.610. The number of nitrogens with zero attached hydrogens (tertiary/aromatic N) is 1. The zero-order chi connectivity index (χ0) is 14.3. The summed E-state index contributed by atoms with van der Waals surface area (Å²) in [5, 5.41) is 3.06. The molecule has 0 heterocycles. The fraction of sp³-hybridized carbons (Fsp3) is 0.933. The molecule has 4 heteroatoms. The molecule has 0 radical (unpaired) electrons.